The van der Waals surface area contributed by atoms with Crippen LogP contribution >= 0.6 is 0 Å². The van der Waals surface area contributed by atoms with Gasteiger partial charge in [-0.25, -0.2) is 4.39 Å². The second kappa shape index (κ2) is 6.26. The molecule has 0 aliphatic carbocycles. The number of benzene rings is 2. The first-order chi connectivity index (χ1) is 9.88. The van der Waals surface area contributed by atoms with Gasteiger partial charge in [-0.1, -0.05) is 30.3 Å². The minimum Gasteiger partial charge on any atom is -0.306 e. The highest BCUT2D eigenvalue weighted by molar-refractivity contribution is 5.32. The van der Waals surface area contributed by atoms with E-state index >= 15 is 0 Å². The molecule has 112 valence electrons. The van der Waals surface area contributed by atoms with Gasteiger partial charge in [0.2, 0.25) is 0 Å². The summed E-state index contributed by atoms with van der Waals surface area (Å²) in [6, 6.07) is 10.9. The standard InChI is InChI=1S/C16H15F4N/c1-11(21-10-12-5-4-6-13(17)9-12)14-7-2-3-8-15(14)16(18,19)20/h2-9,11,21H,10H2,1H3. The van der Waals surface area contributed by atoms with Crippen molar-refractivity contribution in [3.8, 4) is 0 Å². The van der Waals surface area contributed by atoms with Gasteiger partial charge in [-0.3, -0.25) is 0 Å². The fourth-order valence-electron chi connectivity index (χ4n) is 2.16. The first-order valence-electron chi connectivity index (χ1n) is 6.52. The van der Waals surface area contributed by atoms with E-state index in [1.54, 1.807) is 25.1 Å². The summed E-state index contributed by atoms with van der Waals surface area (Å²) in [5.74, 6) is -0.363. The second-order valence-electron chi connectivity index (χ2n) is 4.82. The Labute approximate surface area is 120 Å². The van der Waals surface area contributed by atoms with Crippen LogP contribution in [0.25, 0.3) is 0 Å². The Morgan fingerprint density at radius 2 is 1.76 bits per heavy atom. The molecule has 2 aromatic rings. The van der Waals surface area contributed by atoms with Crippen molar-refractivity contribution in [1.82, 2.24) is 5.32 Å². The van der Waals surface area contributed by atoms with E-state index in [1.165, 1.54) is 24.3 Å². The molecule has 5 heteroatoms. The zero-order chi connectivity index (χ0) is 15.5. The van der Waals surface area contributed by atoms with Crippen molar-refractivity contribution < 1.29 is 17.6 Å². The maximum Gasteiger partial charge on any atom is 0.416 e. The molecule has 21 heavy (non-hydrogen) atoms. The Bertz CT molecular complexity index is 607. The third kappa shape index (κ3) is 4.04. The van der Waals surface area contributed by atoms with Crippen LogP contribution < -0.4 is 5.32 Å². The van der Waals surface area contributed by atoms with E-state index in [0.29, 0.717) is 12.1 Å². The SMILES string of the molecule is CC(NCc1cccc(F)c1)c1ccccc1C(F)(F)F. The predicted octanol–water partition coefficient (Wildman–Crippen LogP) is 4.70. The van der Waals surface area contributed by atoms with Crippen LogP contribution in [0.2, 0.25) is 0 Å². The van der Waals surface area contributed by atoms with Gasteiger partial charge >= 0.3 is 6.18 Å². The van der Waals surface area contributed by atoms with Crippen molar-refractivity contribution in [2.24, 2.45) is 0 Å². The maximum absolute atomic E-state index is 13.1. The summed E-state index contributed by atoms with van der Waals surface area (Å²) in [6.07, 6.45) is -4.38. The summed E-state index contributed by atoms with van der Waals surface area (Å²) in [5.41, 5.74) is 0.219. The molecular formula is C16H15F4N. The summed E-state index contributed by atoms with van der Waals surface area (Å²) < 4.78 is 51.9. The van der Waals surface area contributed by atoms with E-state index in [9.17, 15) is 17.6 Å². The molecule has 0 fully saturated rings. The van der Waals surface area contributed by atoms with Crippen LogP contribution in [0.15, 0.2) is 48.5 Å². The van der Waals surface area contributed by atoms with Crippen molar-refractivity contribution in [2.45, 2.75) is 25.7 Å². The lowest BCUT2D eigenvalue weighted by Crippen LogP contribution is -2.21. The molecule has 0 aromatic heterocycles. The first kappa shape index (κ1) is 15.5. The van der Waals surface area contributed by atoms with Gasteiger partial charge in [0.05, 0.1) is 5.56 Å². The van der Waals surface area contributed by atoms with Crippen LogP contribution in [-0.2, 0) is 12.7 Å². The predicted molar refractivity (Wildman–Crippen MR) is 73.1 cm³/mol. The monoisotopic (exact) mass is 297 g/mol. The summed E-state index contributed by atoms with van der Waals surface area (Å²) in [6.45, 7) is 1.95. The first-order valence-corrected chi connectivity index (χ1v) is 6.52. The average Bonchev–Trinajstić information content (AvgIpc) is 2.44. The number of hydrogen-bond acceptors (Lipinski definition) is 1. The fourth-order valence-corrected chi connectivity index (χ4v) is 2.16. The molecule has 2 aromatic carbocycles. The molecule has 2 rings (SSSR count). The zero-order valence-electron chi connectivity index (χ0n) is 11.4. The van der Waals surface area contributed by atoms with Gasteiger partial charge in [-0.2, -0.15) is 13.2 Å². The molecule has 0 radical (unpaired) electrons. The smallest absolute Gasteiger partial charge is 0.306 e. The molecule has 1 N–H and O–H groups in total. The Morgan fingerprint density at radius 1 is 1.05 bits per heavy atom. The van der Waals surface area contributed by atoms with Crippen molar-refractivity contribution in [1.29, 1.82) is 0 Å². The van der Waals surface area contributed by atoms with E-state index in [2.05, 4.69) is 5.32 Å². The topological polar surface area (TPSA) is 12.0 Å². The summed E-state index contributed by atoms with van der Waals surface area (Å²) in [7, 11) is 0. The average molecular weight is 297 g/mol. The third-order valence-electron chi connectivity index (χ3n) is 3.23. The lowest BCUT2D eigenvalue weighted by Gasteiger charge is -2.19. The van der Waals surface area contributed by atoms with Gasteiger partial charge in [-0.15, -0.1) is 0 Å². The molecular weight excluding hydrogens is 282 g/mol. The van der Waals surface area contributed by atoms with E-state index < -0.39 is 17.8 Å². The van der Waals surface area contributed by atoms with E-state index in [0.717, 1.165) is 6.07 Å². The van der Waals surface area contributed by atoms with E-state index in [4.69, 9.17) is 0 Å². The van der Waals surface area contributed by atoms with Crippen molar-refractivity contribution >= 4 is 0 Å². The molecule has 0 aliphatic rings. The minimum absolute atomic E-state index is 0.182. The van der Waals surface area contributed by atoms with Gasteiger partial charge in [0.1, 0.15) is 5.82 Å². The van der Waals surface area contributed by atoms with E-state index in [1.807, 2.05) is 0 Å². The maximum atomic E-state index is 13.1. The van der Waals surface area contributed by atoms with Crippen LogP contribution in [0.3, 0.4) is 0 Å². The van der Waals surface area contributed by atoms with Gasteiger partial charge in [0.15, 0.2) is 0 Å². The quantitative estimate of drug-likeness (QED) is 0.807. The van der Waals surface area contributed by atoms with Crippen molar-refractivity contribution in [3.63, 3.8) is 0 Å². The number of rotatable bonds is 4. The fraction of sp³-hybridized carbons (Fsp3) is 0.250. The van der Waals surface area contributed by atoms with Crippen molar-refractivity contribution in [3.05, 3.63) is 71.0 Å². The molecule has 0 heterocycles. The highest BCUT2D eigenvalue weighted by atomic mass is 19.4. The van der Waals surface area contributed by atoms with Crippen LogP contribution in [0.4, 0.5) is 17.6 Å². The Morgan fingerprint density at radius 3 is 2.43 bits per heavy atom. The highest BCUT2D eigenvalue weighted by Crippen LogP contribution is 2.34. The molecule has 1 atom stereocenters. The summed E-state index contributed by atoms with van der Waals surface area (Å²) >= 11 is 0. The zero-order valence-corrected chi connectivity index (χ0v) is 11.4. The van der Waals surface area contributed by atoms with Crippen molar-refractivity contribution in [2.75, 3.05) is 0 Å². The van der Waals surface area contributed by atoms with Crippen LogP contribution in [-0.4, -0.2) is 0 Å². The van der Waals surface area contributed by atoms with E-state index in [-0.39, 0.29) is 11.4 Å². The molecule has 0 saturated heterocycles. The third-order valence-corrected chi connectivity index (χ3v) is 3.23. The minimum atomic E-state index is -4.38. The second-order valence-corrected chi connectivity index (χ2v) is 4.82. The normalized spacial score (nSPS) is 13.2. The highest BCUT2D eigenvalue weighted by Gasteiger charge is 2.33. The van der Waals surface area contributed by atoms with Crippen LogP contribution in [0.1, 0.15) is 29.7 Å². The van der Waals surface area contributed by atoms with Crippen LogP contribution in [0, 0.1) is 5.82 Å². The lowest BCUT2D eigenvalue weighted by atomic mass is 10.0. The molecule has 0 aliphatic heterocycles. The van der Waals surface area contributed by atoms with Gasteiger partial charge in [0, 0.05) is 12.6 Å². The number of hydrogen-bond donors (Lipinski definition) is 1. The Balaban J connectivity index is 2.12. The molecule has 0 amide bonds. The lowest BCUT2D eigenvalue weighted by molar-refractivity contribution is -0.138. The molecule has 0 spiro atoms. The number of halogens is 4. The molecule has 0 bridgehead atoms. The Kier molecular flexibility index (Phi) is 4.63. The van der Waals surface area contributed by atoms with Gasteiger partial charge < -0.3 is 5.32 Å². The van der Waals surface area contributed by atoms with Crippen LogP contribution in [0.5, 0.6) is 0 Å². The molecule has 1 nitrogen and oxygen atoms in total. The largest absolute Gasteiger partial charge is 0.416 e. The number of nitrogens with one attached hydrogen (secondary N) is 1. The van der Waals surface area contributed by atoms with Gasteiger partial charge in [0.25, 0.3) is 0 Å². The Hall–Kier alpha value is -1.88. The summed E-state index contributed by atoms with van der Waals surface area (Å²) in [5, 5.41) is 2.99. The molecule has 0 saturated carbocycles. The molecule has 1 unspecified atom stereocenters. The summed E-state index contributed by atoms with van der Waals surface area (Å²) in [4.78, 5) is 0. The van der Waals surface area contributed by atoms with Gasteiger partial charge in [-0.05, 0) is 36.2 Å². The number of alkyl halides is 3.